The summed E-state index contributed by atoms with van der Waals surface area (Å²) in [4.78, 5) is 27.4. The molecule has 0 saturated carbocycles. The zero-order chi connectivity index (χ0) is 28.3. The van der Waals surface area contributed by atoms with Crippen LogP contribution in [0.4, 0.5) is 26.3 Å². The number of alkyl halides is 6. The van der Waals surface area contributed by atoms with Crippen molar-refractivity contribution >= 4 is 23.2 Å². The molecule has 0 fully saturated rings. The predicted octanol–water partition coefficient (Wildman–Crippen LogP) is 6.50. The fourth-order valence-electron chi connectivity index (χ4n) is 3.17. The molecule has 0 atom stereocenters. The van der Waals surface area contributed by atoms with Crippen LogP contribution in [0.1, 0.15) is 47.3 Å². The number of hydrogen-bond acceptors (Lipinski definition) is 6. The summed E-state index contributed by atoms with van der Waals surface area (Å²) in [6, 6.07) is 9.62. The van der Waals surface area contributed by atoms with Crippen LogP contribution in [0.2, 0.25) is 0 Å². The van der Waals surface area contributed by atoms with Crippen molar-refractivity contribution in [3.05, 3.63) is 70.2 Å². The van der Waals surface area contributed by atoms with Gasteiger partial charge < -0.3 is 14.8 Å². The number of hydrogen-bond donors (Lipinski definition) is 1. The van der Waals surface area contributed by atoms with E-state index in [1.165, 1.54) is 26.0 Å². The van der Waals surface area contributed by atoms with Crippen LogP contribution in [0.3, 0.4) is 0 Å². The molecule has 1 heterocycles. The third-order valence-electron chi connectivity index (χ3n) is 5.08. The SMILES string of the molecule is CCOC(=O)C(C)(C)Oc1ccc(CNC(=O)c2sc(-c3ccc(C(F)(F)F)cc3)nc2C(F)(F)F)cc1. The van der Waals surface area contributed by atoms with Gasteiger partial charge in [0.25, 0.3) is 5.91 Å². The molecule has 0 bridgehead atoms. The fraction of sp³-hybridized carbons (Fsp3) is 0.320. The number of carbonyl (C=O) groups excluding carboxylic acids is 2. The van der Waals surface area contributed by atoms with E-state index >= 15 is 0 Å². The topological polar surface area (TPSA) is 77.5 Å². The molecule has 38 heavy (non-hydrogen) atoms. The number of aromatic nitrogens is 1. The smallest absolute Gasteiger partial charge is 0.435 e. The van der Waals surface area contributed by atoms with Crippen molar-refractivity contribution in [1.82, 2.24) is 10.3 Å². The minimum Gasteiger partial charge on any atom is -0.476 e. The summed E-state index contributed by atoms with van der Waals surface area (Å²) in [6.45, 7) is 4.78. The first-order valence-electron chi connectivity index (χ1n) is 11.1. The Kier molecular flexibility index (Phi) is 8.39. The highest BCUT2D eigenvalue weighted by atomic mass is 32.1. The Hall–Kier alpha value is -3.61. The lowest BCUT2D eigenvalue weighted by atomic mass is 10.1. The zero-order valence-electron chi connectivity index (χ0n) is 20.3. The van der Waals surface area contributed by atoms with Crippen molar-refractivity contribution in [2.45, 2.75) is 45.3 Å². The molecule has 0 radical (unpaired) electrons. The molecule has 1 amide bonds. The van der Waals surface area contributed by atoms with Gasteiger partial charge in [0, 0.05) is 12.1 Å². The van der Waals surface area contributed by atoms with Crippen LogP contribution < -0.4 is 10.1 Å². The van der Waals surface area contributed by atoms with E-state index in [1.807, 2.05) is 0 Å². The first kappa shape index (κ1) is 29.0. The molecule has 0 aliphatic carbocycles. The van der Waals surface area contributed by atoms with E-state index < -0.39 is 46.0 Å². The first-order valence-corrected chi connectivity index (χ1v) is 11.9. The average Bonchev–Trinajstić information content (AvgIpc) is 3.29. The van der Waals surface area contributed by atoms with E-state index in [0.29, 0.717) is 22.6 Å². The largest absolute Gasteiger partial charge is 0.476 e. The number of nitrogens with one attached hydrogen (secondary N) is 1. The third kappa shape index (κ3) is 7.03. The van der Waals surface area contributed by atoms with Gasteiger partial charge in [-0.1, -0.05) is 24.3 Å². The maximum atomic E-state index is 13.6. The van der Waals surface area contributed by atoms with Crippen LogP contribution in [0, 0.1) is 0 Å². The highest BCUT2D eigenvalue weighted by Gasteiger charge is 2.40. The second-order valence-corrected chi connectivity index (χ2v) is 9.43. The second kappa shape index (κ2) is 11.0. The van der Waals surface area contributed by atoms with Crippen molar-refractivity contribution < 1.29 is 45.4 Å². The second-order valence-electron chi connectivity index (χ2n) is 8.43. The van der Waals surface area contributed by atoms with E-state index in [2.05, 4.69) is 10.3 Å². The van der Waals surface area contributed by atoms with Gasteiger partial charge in [-0.3, -0.25) is 4.79 Å². The highest BCUT2D eigenvalue weighted by molar-refractivity contribution is 7.17. The summed E-state index contributed by atoms with van der Waals surface area (Å²) in [5.41, 5.74) is -3.11. The number of halogens is 6. The Labute approximate surface area is 217 Å². The zero-order valence-corrected chi connectivity index (χ0v) is 21.1. The van der Waals surface area contributed by atoms with Crippen molar-refractivity contribution in [3.8, 4) is 16.3 Å². The lowest BCUT2D eigenvalue weighted by Gasteiger charge is -2.24. The molecule has 1 N–H and O–H groups in total. The Morgan fingerprint density at radius 1 is 0.921 bits per heavy atom. The molecule has 1 aromatic heterocycles. The number of amides is 1. The van der Waals surface area contributed by atoms with Gasteiger partial charge in [-0.05, 0) is 50.6 Å². The molecule has 0 aliphatic rings. The van der Waals surface area contributed by atoms with Crippen LogP contribution in [0.25, 0.3) is 10.6 Å². The predicted molar refractivity (Wildman–Crippen MR) is 127 cm³/mol. The number of carbonyl (C=O) groups is 2. The molecule has 204 valence electrons. The molecule has 3 aromatic rings. The minimum atomic E-state index is -4.96. The number of nitrogens with zero attached hydrogens (tertiary/aromatic N) is 1. The van der Waals surface area contributed by atoms with Gasteiger partial charge >= 0.3 is 18.3 Å². The Morgan fingerprint density at radius 3 is 2.05 bits per heavy atom. The summed E-state index contributed by atoms with van der Waals surface area (Å²) >= 11 is 0.423. The molecular weight excluding hydrogens is 538 g/mol. The number of benzene rings is 2. The van der Waals surface area contributed by atoms with Gasteiger partial charge in [-0.25, -0.2) is 9.78 Å². The van der Waals surface area contributed by atoms with E-state index in [9.17, 15) is 35.9 Å². The van der Waals surface area contributed by atoms with E-state index in [1.54, 1.807) is 19.1 Å². The van der Waals surface area contributed by atoms with Crippen molar-refractivity contribution in [2.24, 2.45) is 0 Å². The maximum absolute atomic E-state index is 13.6. The van der Waals surface area contributed by atoms with Crippen molar-refractivity contribution in [3.63, 3.8) is 0 Å². The monoisotopic (exact) mass is 560 g/mol. The van der Waals surface area contributed by atoms with Gasteiger partial charge in [0.15, 0.2) is 11.3 Å². The maximum Gasteiger partial charge on any atom is 0.435 e. The Morgan fingerprint density at radius 2 is 1.53 bits per heavy atom. The molecule has 0 spiro atoms. The lowest BCUT2D eigenvalue weighted by Crippen LogP contribution is -2.39. The molecular formula is C25H22F6N2O4S. The van der Waals surface area contributed by atoms with Gasteiger partial charge in [-0.15, -0.1) is 11.3 Å². The molecule has 6 nitrogen and oxygen atoms in total. The van der Waals surface area contributed by atoms with Crippen molar-refractivity contribution in [2.75, 3.05) is 6.61 Å². The standard InChI is InChI=1S/C25H22F6N2O4S/c1-4-36-22(35)23(2,3)37-17-11-5-14(6-12-17)13-32-20(34)18-19(25(29,30)31)33-21(38-18)15-7-9-16(10-8-15)24(26,27)28/h5-12H,4,13H2,1-3H3,(H,32,34). The fourth-order valence-corrected chi connectivity index (χ4v) is 4.18. The van der Waals surface area contributed by atoms with Crippen LogP contribution in [0.15, 0.2) is 48.5 Å². The van der Waals surface area contributed by atoms with E-state index in [-0.39, 0.29) is 23.7 Å². The number of ether oxygens (including phenoxy) is 2. The number of thiazole rings is 1. The Balaban J connectivity index is 1.73. The van der Waals surface area contributed by atoms with Crippen molar-refractivity contribution in [1.29, 1.82) is 0 Å². The number of esters is 1. The summed E-state index contributed by atoms with van der Waals surface area (Å²) in [5, 5.41) is 2.14. The minimum absolute atomic E-state index is 0.00822. The molecule has 3 rings (SSSR count). The highest BCUT2D eigenvalue weighted by Crippen LogP contribution is 2.38. The molecule has 2 aromatic carbocycles. The van der Waals surface area contributed by atoms with Crippen LogP contribution >= 0.6 is 11.3 Å². The van der Waals surface area contributed by atoms with Crippen LogP contribution in [0.5, 0.6) is 5.75 Å². The van der Waals surface area contributed by atoms with Gasteiger partial charge in [-0.2, -0.15) is 26.3 Å². The molecule has 0 saturated heterocycles. The van der Waals surface area contributed by atoms with E-state index in [4.69, 9.17) is 9.47 Å². The van der Waals surface area contributed by atoms with Gasteiger partial charge in [0.2, 0.25) is 0 Å². The summed E-state index contributed by atoms with van der Waals surface area (Å²) in [5.74, 6) is -1.27. The summed E-state index contributed by atoms with van der Waals surface area (Å²) in [7, 11) is 0. The number of rotatable bonds is 8. The summed E-state index contributed by atoms with van der Waals surface area (Å²) in [6.07, 6.45) is -9.57. The lowest BCUT2D eigenvalue weighted by molar-refractivity contribution is -0.158. The first-order chi connectivity index (χ1) is 17.6. The molecule has 13 heteroatoms. The Bertz CT molecular complexity index is 1280. The van der Waals surface area contributed by atoms with Gasteiger partial charge in [0.05, 0.1) is 12.2 Å². The normalized spacial score (nSPS) is 12.2. The van der Waals surface area contributed by atoms with Gasteiger partial charge in [0.1, 0.15) is 15.6 Å². The molecule has 0 unspecified atom stereocenters. The van der Waals surface area contributed by atoms with Crippen LogP contribution in [-0.2, 0) is 28.4 Å². The average molecular weight is 561 g/mol. The quantitative estimate of drug-likeness (QED) is 0.252. The van der Waals surface area contributed by atoms with Crippen LogP contribution in [-0.4, -0.2) is 29.1 Å². The summed E-state index contributed by atoms with van der Waals surface area (Å²) < 4.78 is 89.7. The third-order valence-corrected chi connectivity index (χ3v) is 6.18. The van der Waals surface area contributed by atoms with E-state index in [0.717, 1.165) is 24.3 Å². The molecule has 0 aliphatic heterocycles.